The predicted octanol–water partition coefficient (Wildman–Crippen LogP) is 2.96. The first kappa shape index (κ1) is 26.2. The van der Waals surface area contributed by atoms with E-state index in [9.17, 15) is 14.7 Å². The van der Waals surface area contributed by atoms with Gasteiger partial charge in [0.1, 0.15) is 11.6 Å². The first-order valence-electron chi connectivity index (χ1n) is 10.9. The molecular weight excluding hydrogens is 442 g/mol. The smallest absolute Gasteiger partial charge is 0.251 e. The summed E-state index contributed by atoms with van der Waals surface area (Å²) >= 11 is 0. The number of hydrogen-bond acceptors (Lipinski definition) is 5. The van der Waals surface area contributed by atoms with Gasteiger partial charge in [0.25, 0.3) is 5.91 Å². The number of phenols is 1. The van der Waals surface area contributed by atoms with Gasteiger partial charge >= 0.3 is 0 Å². The summed E-state index contributed by atoms with van der Waals surface area (Å²) in [5.41, 5.74) is 14.2. The summed E-state index contributed by atoms with van der Waals surface area (Å²) in [6.07, 6.45) is 4.45. The summed E-state index contributed by atoms with van der Waals surface area (Å²) in [5.74, 6) is -0.374. The fourth-order valence-electron chi connectivity index (χ4n) is 4.18. The average molecular weight is 474 g/mol. The third-order valence-corrected chi connectivity index (χ3v) is 5.87. The van der Waals surface area contributed by atoms with Crippen molar-refractivity contribution >= 4 is 35.7 Å². The van der Waals surface area contributed by atoms with Crippen LogP contribution in [0.3, 0.4) is 0 Å². The molecule has 1 saturated carbocycles. The minimum Gasteiger partial charge on any atom is -0.508 e. The van der Waals surface area contributed by atoms with Crippen LogP contribution in [0, 0.1) is 12.3 Å². The summed E-state index contributed by atoms with van der Waals surface area (Å²) in [6.45, 7) is 2.29. The summed E-state index contributed by atoms with van der Waals surface area (Å²) in [6, 6.07) is 10.1. The van der Waals surface area contributed by atoms with E-state index in [-0.39, 0.29) is 48.4 Å². The number of rotatable bonds is 8. The summed E-state index contributed by atoms with van der Waals surface area (Å²) in [7, 11) is 0. The topological polar surface area (TPSA) is 146 Å². The molecule has 0 spiro atoms. The number of anilines is 1. The maximum absolute atomic E-state index is 12.8. The van der Waals surface area contributed by atoms with Gasteiger partial charge in [0.2, 0.25) is 5.91 Å². The zero-order valence-corrected chi connectivity index (χ0v) is 19.6. The molecule has 178 valence electrons. The Bertz CT molecular complexity index is 1020. The second-order valence-corrected chi connectivity index (χ2v) is 8.18. The first-order chi connectivity index (χ1) is 15.3. The SMILES string of the molecule is Cc1cc(C(=O)NCc2cc(C(=N)N)ccc2O)ccc1N(C(=O)CCN)C1CCCC1.Cl. The zero-order chi connectivity index (χ0) is 23.3. The molecule has 0 atom stereocenters. The van der Waals surface area contributed by atoms with Crippen LogP contribution in [0.15, 0.2) is 36.4 Å². The van der Waals surface area contributed by atoms with Crippen molar-refractivity contribution in [1.29, 1.82) is 5.41 Å². The molecule has 9 heteroatoms. The molecule has 3 rings (SSSR count). The van der Waals surface area contributed by atoms with Crippen molar-refractivity contribution in [2.24, 2.45) is 11.5 Å². The van der Waals surface area contributed by atoms with E-state index >= 15 is 0 Å². The number of benzene rings is 2. The van der Waals surface area contributed by atoms with Crippen LogP contribution in [0.4, 0.5) is 5.69 Å². The second kappa shape index (κ2) is 11.7. The van der Waals surface area contributed by atoms with Crippen LogP contribution >= 0.6 is 12.4 Å². The number of amides is 2. The Morgan fingerprint density at radius 1 is 1.15 bits per heavy atom. The molecular formula is C24H32ClN5O3. The lowest BCUT2D eigenvalue weighted by Crippen LogP contribution is -2.40. The van der Waals surface area contributed by atoms with Crippen molar-refractivity contribution in [3.8, 4) is 5.75 Å². The number of nitrogen functional groups attached to an aromatic ring is 1. The van der Waals surface area contributed by atoms with Crippen molar-refractivity contribution < 1.29 is 14.7 Å². The van der Waals surface area contributed by atoms with Gasteiger partial charge in [-0.25, -0.2) is 0 Å². The number of nitrogens with one attached hydrogen (secondary N) is 2. The molecule has 0 unspecified atom stereocenters. The minimum atomic E-state index is -0.298. The van der Waals surface area contributed by atoms with E-state index in [1.165, 1.54) is 6.07 Å². The van der Waals surface area contributed by atoms with Gasteiger partial charge < -0.3 is 26.8 Å². The Morgan fingerprint density at radius 2 is 1.82 bits per heavy atom. The number of hydrogen-bond donors (Lipinski definition) is 5. The van der Waals surface area contributed by atoms with Crippen LogP contribution in [-0.2, 0) is 11.3 Å². The van der Waals surface area contributed by atoms with E-state index in [2.05, 4.69) is 5.32 Å². The molecule has 0 radical (unpaired) electrons. The molecule has 2 aromatic carbocycles. The maximum Gasteiger partial charge on any atom is 0.251 e. The molecule has 0 bridgehead atoms. The van der Waals surface area contributed by atoms with Crippen LogP contribution in [0.2, 0.25) is 0 Å². The van der Waals surface area contributed by atoms with E-state index in [1.54, 1.807) is 24.3 Å². The van der Waals surface area contributed by atoms with Gasteiger partial charge in [-0.2, -0.15) is 0 Å². The van der Waals surface area contributed by atoms with Crippen LogP contribution in [0.25, 0.3) is 0 Å². The Balaban J connectivity index is 0.00000385. The molecule has 0 aliphatic heterocycles. The van der Waals surface area contributed by atoms with Crippen molar-refractivity contribution in [2.45, 2.75) is 51.6 Å². The lowest BCUT2D eigenvalue weighted by Gasteiger charge is -2.30. The van der Waals surface area contributed by atoms with E-state index in [1.807, 2.05) is 17.9 Å². The quantitative estimate of drug-likeness (QED) is 0.295. The maximum atomic E-state index is 12.8. The van der Waals surface area contributed by atoms with Gasteiger partial charge in [-0.1, -0.05) is 12.8 Å². The van der Waals surface area contributed by atoms with Crippen LogP contribution in [0.5, 0.6) is 5.75 Å². The predicted molar refractivity (Wildman–Crippen MR) is 132 cm³/mol. The Hall–Kier alpha value is -3.10. The fraction of sp³-hybridized carbons (Fsp3) is 0.375. The zero-order valence-electron chi connectivity index (χ0n) is 18.8. The van der Waals surface area contributed by atoms with Gasteiger partial charge in [0.15, 0.2) is 0 Å². The Labute approximate surface area is 200 Å². The molecule has 33 heavy (non-hydrogen) atoms. The molecule has 2 aromatic rings. The number of aryl methyl sites for hydroxylation is 1. The number of phenolic OH excluding ortho intramolecular Hbond substituents is 1. The largest absolute Gasteiger partial charge is 0.508 e. The number of carbonyl (C=O) groups excluding carboxylic acids is 2. The normalized spacial score (nSPS) is 13.3. The molecule has 7 N–H and O–H groups in total. The molecule has 2 amide bonds. The Morgan fingerprint density at radius 3 is 2.42 bits per heavy atom. The highest BCUT2D eigenvalue weighted by molar-refractivity contribution is 5.98. The number of carbonyl (C=O) groups is 2. The van der Waals surface area contributed by atoms with Crippen molar-refractivity contribution in [3.05, 3.63) is 58.7 Å². The lowest BCUT2D eigenvalue weighted by atomic mass is 10.0. The standard InChI is InChI=1S/C24H31N5O3.ClH/c1-15-12-17(24(32)28-14-18-13-16(23(26)27)7-9-21(18)30)6-8-20(15)29(22(31)10-11-25)19-4-2-3-5-19;/h6-9,12-13,19,30H,2-5,10-11,14,25H2,1H3,(H3,26,27)(H,28,32);1H. The van der Waals surface area contributed by atoms with Gasteiger partial charge in [0.05, 0.1) is 0 Å². The molecule has 8 nitrogen and oxygen atoms in total. The van der Waals surface area contributed by atoms with E-state index in [0.29, 0.717) is 29.7 Å². The van der Waals surface area contributed by atoms with E-state index < -0.39 is 0 Å². The summed E-state index contributed by atoms with van der Waals surface area (Å²) in [5, 5.41) is 20.3. The highest BCUT2D eigenvalue weighted by atomic mass is 35.5. The van der Waals surface area contributed by atoms with Crippen molar-refractivity contribution in [1.82, 2.24) is 5.32 Å². The number of amidine groups is 1. The second-order valence-electron chi connectivity index (χ2n) is 8.18. The van der Waals surface area contributed by atoms with Gasteiger partial charge in [-0.15, -0.1) is 12.4 Å². The Kier molecular flexibility index (Phi) is 9.25. The molecule has 1 aliphatic carbocycles. The van der Waals surface area contributed by atoms with Crippen LogP contribution in [0.1, 0.15) is 59.2 Å². The number of aromatic hydroxyl groups is 1. The lowest BCUT2D eigenvalue weighted by molar-refractivity contribution is -0.118. The molecule has 0 aromatic heterocycles. The molecule has 0 heterocycles. The minimum absolute atomic E-state index is 0. The first-order valence-corrected chi connectivity index (χ1v) is 10.9. The van der Waals surface area contributed by atoms with E-state index in [0.717, 1.165) is 36.9 Å². The van der Waals surface area contributed by atoms with Crippen molar-refractivity contribution in [3.63, 3.8) is 0 Å². The number of nitrogens with zero attached hydrogens (tertiary/aromatic N) is 1. The van der Waals surface area contributed by atoms with Gasteiger partial charge in [-0.3, -0.25) is 15.0 Å². The van der Waals surface area contributed by atoms with Crippen LogP contribution < -0.4 is 21.7 Å². The third-order valence-electron chi connectivity index (χ3n) is 5.87. The highest BCUT2D eigenvalue weighted by Gasteiger charge is 2.28. The monoisotopic (exact) mass is 473 g/mol. The molecule has 1 aliphatic rings. The molecule has 0 saturated heterocycles. The van der Waals surface area contributed by atoms with Crippen LogP contribution in [-0.4, -0.2) is 35.3 Å². The fourth-order valence-corrected chi connectivity index (χ4v) is 4.18. The summed E-state index contributed by atoms with van der Waals surface area (Å²) in [4.78, 5) is 27.4. The van der Waals surface area contributed by atoms with Gasteiger partial charge in [0, 0.05) is 47.9 Å². The average Bonchev–Trinajstić information content (AvgIpc) is 3.28. The summed E-state index contributed by atoms with van der Waals surface area (Å²) < 4.78 is 0. The number of halogens is 1. The third kappa shape index (κ3) is 6.24. The van der Waals surface area contributed by atoms with Gasteiger partial charge in [-0.05, 0) is 61.7 Å². The van der Waals surface area contributed by atoms with Crippen molar-refractivity contribution in [2.75, 3.05) is 11.4 Å². The van der Waals surface area contributed by atoms with E-state index in [4.69, 9.17) is 16.9 Å². The number of nitrogens with two attached hydrogens (primary N) is 2. The molecule has 1 fully saturated rings. The highest BCUT2D eigenvalue weighted by Crippen LogP contribution is 2.31.